The number of aromatic hydroxyl groups is 1. The molecule has 0 unspecified atom stereocenters. The van der Waals surface area contributed by atoms with Crippen molar-refractivity contribution in [3.63, 3.8) is 0 Å². The maximum absolute atomic E-state index is 11.2. The highest BCUT2D eigenvalue weighted by atomic mass is 32.2. The van der Waals surface area contributed by atoms with E-state index in [9.17, 15) is 15.2 Å². The number of hydrogen-bond acceptors (Lipinski definition) is 6. The molecule has 2 aromatic rings. The van der Waals surface area contributed by atoms with Crippen LogP contribution < -0.4 is 0 Å². The number of aromatic nitrogens is 2. The van der Waals surface area contributed by atoms with Crippen LogP contribution in [-0.2, 0) is 0 Å². The van der Waals surface area contributed by atoms with E-state index >= 15 is 0 Å². The summed E-state index contributed by atoms with van der Waals surface area (Å²) in [5.41, 5.74) is 0.567. The first-order chi connectivity index (χ1) is 9.04. The Morgan fingerprint density at radius 1 is 1.32 bits per heavy atom. The van der Waals surface area contributed by atoms with Crippen LogP contribution in [0.3, 0.4) is 0 Å². The lowest BCUT2D eigenvalue weighted by Crippen LogP contribution is -2.02. The van der Waals surface area contributed by atoms with Crippen molar-refractivity contribution in [1.29, 1.82) is 0 Å². The molecule has 6 nitrogen and oxygen atoms in total. The molecule has 2 rings (SSSR count). The molecule has 0 aliphatic heterocycles. The number of phenols is 1. The van der Waals surface area contributed by atoms with Crippen LogP contribution in [0, 0.1) is 17.0 Å². The summed E-state index contributed by atoms with van der Waals surface area (Å²) < 4.78 is 0. The Balaban J connectivity index is 2.77. The third-order valence-corrected chi connectivity index (χ3v) is 3.11. The van der Waals surface area contributed by atoms with Crippen LogP contribution in [0.5, 0.6) is 5.75 Å². The van der Waals surface area contributed by atoms with E-state index in [0.717, 1.165) is 0 Å². The van der Waals surface area contributed by atoms with Gasteiger partial charge in [-0.1, -0.05) is 23.9 Å². The van der Waals surface area contributed by atoms with Gasteiger partial charge in [-0.25, -0.2) is 9.97 Å². The van der Waals surface area contributed by atoms with Gasteiger partial charge in [0, 0.05) is 5.56 Å². The van der Waals surface area contributed by atoms with E-state index in [0.29, 0.717) is 10.7 Å². The molecule has 0 saturated carbocycles. The molecule has 0 bridgehead atoms. The molecule has 98 valence electrons. The number of thioether (sulfide) groups is 1. The van der Waals surface area contributed by atoms with Crippen molar-refractivity contribution >= 4 is 17.4 Å². The van der Waals surface area contributed by atoms with Crippen LogP contribution in [0.15, 0.2) is 29.4 Å². The summed E-state index contributed by atoms with van der Waals surface area (Å²) in [5.74, 6) is -0.0456. The smallest absolute Gasteiger partial charge is 0.316 e. The topological polar surface area (TPSA) is 89.2 Å². The Hall–Kier alpha value is -2.15. The molecule has 0 atom stereocenters. The van der Waals surface area contributed by atoms with Gasteiger partial charge in [0.05, 0.1) is 4.92 Å². The molecule has 19 heavy (non-hydrogen) atoms. The molecule has 0 spiro atoms. The first-order valence-electron chi connectivity index (χ1n) is 5.40. The maximum atomic E-state index is 11.2. The van der Waals surface area contributed by atoms with Crippen LogP contribution in [0.1, 0.15) is 5.69 Å². The molecule has 0 fully saturated rings. The highest BCUT2D eigenvalue weighted by Crippen LogP contribution is 2.36. The number of nitro groups is 1. The van der Waals surface area contributed by atoms with Crippen molar-refractivity contribution in [3.05, 3.63) is 40.1 Å². The predicted molar refractivity (Wildman–Crippen MR) is 72.3 cm³/mol. The monoisotopic (exact) mass is 277 g/mol. The second-order valence-electron chi connectivity index (χ2n) is 3.77. The molecular weight excluding hydrogens is 266 g/mol. The van der Waals surface area contributed by atoms with E-state index in [1.165, 1.54) is 17.8 Å². The number of aryl methyl sites for hydroxylation is 1. The maximum Gasteiger partial charge on any atom is 0.316 e. The molecule has 1 aromatic carbocycles. The van der Waals surface area contributed by atoms with Crippen LogP contribution in [0.25, 0.3) is 11.3 Å². The van der Waals surface area contributed by atoms with Gasteiger partial charge in [0.15, 0.2) is 10.9 Å². The highest BCUT2D eigenvalue weighted by Gasteiger charge is 2.24. The molecule has 1 heterocycles. The van der Waals surface area contributed by atoms with Gasteiger partial charge in [0.1, 0.15) is 11.4 Å². The molecule has 0 saturated heterocycles. The van der Waals surface area contributed by atoms with Gasteiger partial charge in [-0.15, -0.1) is 0 Å². The molecule has 7 heteroatoms. The van der Waals surface area contributed by atoms with Crippen molar-refractivity contribution < 1.29 is 10.0 Å². The Bertz CT molecular complexity index is 646. The third-order valence-electron chi connectivity index (χ3n) is 2.56. The largest absolute Gasteiger partial charge is 0.507 e. The Morgan fingerprint density at radius 2 is 2.00 bits per heavy atom. The SMILES string of the molecule is CSc1nc(C)c([N+](=O)[O-])c(-c2ccccc2O)n1. The van der Waals surface area contributed by atoms with Crippen molar-refractivity contribution in [3.8, 4) is 17.0 Å². The summed E-state index contributed by atoms with van der Waals surface area (Å²) in [6.45, 7) is 1.56. The van der Waals surface area contributed by atoms with E-state index in [1.54, 1.807) is 31.4 Å². The first kappa shape index (κ1) is 13.3. The lowest BCUT2D eigenvalue weighted by atomic mass is 10.1. The van der Waals surface area contributed by atoms with Gasteiger partial charge >= 0.3 is 5.69 Å². The molecule has 1 N–H and O–H groups in total. The molecule has 0 aliphatic carbocycles. The summed E-state index contributed by atoms with van der Waals surface area (Å²) in [4.78, 5) is 18.8. The van der Waals surface area contributed by atoms with E-state index < -0.39 is 4.92 Å². The van der Waals surface area contributed by atoms with Crippen LogP contribution in [0.2, 0.25) is 0 Å². The third kappa shape index (κ3) is 2.50. The van der Waals surface area contributed by atoms with Gasteiger partial charge < -0.3 is 5.11 Å². The molecule has 0 radical (unpaired) electrons. The van der Waals surface area contributed by atoms with Gasteiger partial charge in [0.25, 0.3) is 0 Å². The van der Waals surface area contributed by atoms with Gasteiger partial charge in [-0.05, 0) is 25.3 Å². The molecule has 0 amide bonds. The minimum absolute atomic E-state index is 0.0456. The number of rotatable bonds is 3. The average Bonchev–Trinajstić information content (AvgIpc) is 2.37. The van der Waals surface area contributed by atoms with Gasteiger partial charge in [-0.2, -0.15) is 0 Å². The van der Waals surface area contributed by atoms with Crippen LogP contribution in [-0.4, -0.2) is 26.3 Å². The minimum Gasteiger partial charge on any atom is -0.507 e. The first-order valence-corrected chi connectivity index (χ1v) is 6.62. The fourth-order valence-corrected chi connectivity index (χ4v) is 2.12. The van der Waals surface area contributed by atoms with Gasteiger partial charge in [0.2, 0.25) is 0 Å². The van der Waals surface area contributed by atoms with E-state index in [-0.39, 0.29) is 22.8 Å². The Morgan fingerprint density at radius 3 is 2.58 bits per heavy atom. The number of hydrogen-bond donors (Lipinski definition) is 1. The highest BCUT2D eigenvalue weighted by molar-refractivity contribution is 7.98. The number of nitrogens with zero attached hydrogens (tertiary/aromatic N) is 3. The summed E-state index contributed by atoms with van der Waals surface area (Å²) in [6.07, 6.45) is 1.79. The minimum atomic E-state index is -0.527. The normalized spacial score (nSPS) is 10.4. The molecule has 0 aliphatic rings. The standard InChI is InChI=1S/C12H11N3O3S/c1-7-11(15(17)18)10(14-12(13-7)19-2)8-5-3-4-6-9(8)16/h3-6,16H,1-2H3. The van der Waals surface area contributed by atoms with Crippen molar-refractivity contribution in [2.45, 2.75) is 12.1 Å². The fourth-order valence-electron chi connectivity index (χ4n) is 1.71. The lowest BCUT2D eigenvalue weighted by molar-refractivity contribution is -0.385. The quantitative estimate of drug-likeness (QED) is 0.401. The zero-order valence-corrected chi connectivity index (χ0v) is 11.1. The second kappa shape index (κ2) is 5.23. The predicted octanol–water partition coefficient (Wildman–Crippen LogP) is 2.79. The summed E-state index contributed by atoms with van der Waals surface area (Å²) >= 11 is 1.29. The number of para-hydroxylation sites is 1. The zero-order chi connectivity index (χ0) is 14.0. The average molecular weight is 277 g/mol. The van der Waals surface area contributed by atoms with E-state index in [2.05, 4.69) is 9.97 Å². The number of phenolic OH excluding ortho intramolecular Hbond substituents is 1. The Kier molecular flexibility index (Phi) is 3.66. The van der Waals surface area contributed by atoms with Crippen molar-refractivity contribution in [1.82, 2.24) is 9.97 Å². The van der Waals surface area contributed by atoms with Crippen molar-refractivity contribution in [2.24, 2.45) is 0 Å². The Labute approximate surface area is 113 Å². The lowest BCUT2D eigenvalue weighted by Gasteiger charge is -2.07. The number of benzene rings is 1. The van der Waals surface area contributed by atoms with Crippen LogP contribution >= 0.6 is 11.8 Å². The molecule has 1 aromatic heterocycles. The van der Waals surface area contributed by atoms with Gasteiger partial charge in [-0.3, -0.25) is 10.1 Å². The fraction of sp³-hybridized carbons (Fsp3) is 0.167. The second-order valence-corrected chi connectivity index (χ2v) is 4.54. The van der Waals surface area contributed by atoms with Crippen molar-refractivity contribution in [2.75, 3.05) is 6.26 Å². The molecular formula is C12H11N3O3S. The summed E-state index contributed by atoms with van der Waals surface area (Å²) in [5, 5.41) is 21.4. The summed E-state index contributed by atoms with van der Waals surface area (Å²) in [6, 6.07) is 6.40. The van der Waals surface area contributed by atoms with Crippen LogP contribution in [0.4, 0.5) is 5.69 Å². The summed E-state index contributed by atoms with van der Waals surface area (Å²) in [7, 11) is 0. The zero-order valence-electron chi connectivity index (χ0n) is 10.3. The van der Waals surface area contributed by atoms with E-state index in [4.69, 9.17) is 0 Å². The van der Waals surface area contributed by atoms with E-state index in [1.807, 2.05) is 0 Å².